The molecule has 5 amide bonds. The average molecular weight is 688 g/mol. The van der Waals surface area contributed by atoms with Crippen molar-refractivity contribution in [3.63, 3.8) is 0 Å². The first-order valence-electron chi connectivity index (χ1n) is 16.6. The van der Waals surface area contributed by atoms with Crippen LogP contribution in [0.2, 0.25) is 0 Å². The van der Waals surface area contributed by atoms with E-state index in [1.807, 2.05) is 48.5 Å². The summed E-state index contributed by atoms with van der Waals surface area (Å²) in [4.78, 5) is 72.3. The molecule has 0 spiro atoms. The van der Waals surface area contributed by atoms with Crippen LogP contribution in [0.4, 0.5) is 4.79 Å². The molecule has 5 rings (SSSR count). The van der Waals surface area contributed by atoms with Crippen LogP contribution in [0.3, 0.4) is 0 Å². The van der Waals surface area contributed by atoms with E-state index in [9.17, 15) is 24.0 Å². The normalized spacial score (nSPS) is 21.0. The second kappa shape index (κ2) is 15.3. The Morgan fingerprint density at radius 2 is 1.69 bits per heavy atom. The maximum absolute atomic E-state index is 13.8. The second-order valence-electron chi connectivity index (χ2n) is 13.7. The maximum atomic E-state index is 13.8. The number of nitrogens with one attached hydrogen (secondary N) is 2. The lowest BCUT2D eigenvalue weighted by molar-refractivity contribution is -0.140. The highest BCUT2D eigenvalue weighted by molar-refractivity contribution is 7.99. The molecular formula is C37H45N5O6S. The number of fused-ring (bicyclic) bond motifs is 4. The van der Waals surface area contributed by atoms with Gasteiger partial charge in [-0.15, -0.1) is 11.8 Å². The van der Waals surface area contributed by atoms with Gasteiger partial charge >= 0.3 is 6.09 Å². The van der Waals surface area contributed by atoms with Gasteiger partial charge in [-0.3, -0.25) is 19.2 Å². The molecule has 0 aromatic heterocycles. The van der Waals surface area contributed by atoms with E-state index < -0.39 is 17.7 Å². The Labute approximate surface area is 291 Å². The lowest BCUT2D eigenvalue weighted by atomic mass is 10.1. The molecule has 2 N–H and O–H groups in total. The highest BCUT2D eigenvalue weighted by Crippen LogP contribution is 2.28. The molecule has 1 fully saturated rings. The smallest absolute Gasteiger partial charge is 0.407 e. The molecule has 260 valence electrons. The molecule has 49 heavy (non-hydrogen) atoms. The van der Waals surface area contributed by atoms with E-state index in [0.717, 1.165) is 21.2 Å². The van der Waals surface area contributed by atoms with Crippen LogP contribution in [0.5, 0.6) is 0 Å². The fraction of sp³-hybridized carbons (Fsp3) is 0.432. The van der Waals surface area contributed by atoms with Crippen molar-refractivity contribution in [1.82, 2.24) is 25.3 Å². The minimum absolute atomic E-state index is 0.0440. The largest absolute Gasteiger partial charge is 0.444 e. The summed E-state index contributed by atoms with van der Waals surface area (Å²) < 4.78 is 5.44. The van der Waals surface area contributed by atoms with Crippen molar-refractivity contribution in [2.75, 3.05) is 32.9 Å². The fourth-order valence-electron chi connectivity index (χ4n) is 6.20. The van der Waals surface area contributed by atoms with Crippen molar-refractivity contribution in [3.8, 4) is 0 Å². The number of rotatable bonds is 4. The maximum Gasteiger partial charge on any atom is 0.407 e. The number of nitrogens with zero attached hydrogens (tertiary/aromatic N) is 3. The van der Waals surface area contributed by atoms with E-state index in [2.05, 4.69) is 10.6 Å². The Morgan fingerprint density at radius 1 is 0.939 bits per heavy atom. The summed E-state index contributed by atoms with van der Waals surface area (Å²) >= 11 is 1.50. The molecule has 0 saturated carbocycles. The van der Waals surface area contributed by atoms with Gasteiger partial charge in [-0.25, -0.2) is 4.79 Å². The summed E-state index contributed by atoms with van der Waals surface area (Å²) in [5, 5.41) is 8.02. The summed E-state index contributed by atoms with van der Waals surface area (Å²) in [6, 6.07) is 19.7. The highest BCUT2D eigenvalue weighted by Gasteiger charge is 2.37. The summed E-state index contributed by atoms with van der Waals surface area (Å²) in [6.45, 7) is 5.77. The number of benzene rings is 3. The molecule has 12 heteroatoms. The zero-order valence-electron chi connectivity index (χ0n) is 28.7. The first kappa shape index (κ1) is 35.7. The van der Waals surface area contributed by atoms with Crippen molar-refractivity contribution < 1.29 is 28.7 Å². The quantitative estimate of drug-likeness (QED) is 0.415. The Morgan fingerprint density at radius 3 is 2.45 bits per heavy atom. The van der Waals surface area contributed by atoms with Gasteiger partial charge in [-0.1, -0.05) is 42.5 Å². The number of carbonyl (C=O) groups excluding carboxylic acids is 5. The topological polar surface area (TPSA) is 128 Å². The number of hydrogen-bond donors (Lipinski definition) is 2. The van der Waals surface area contributed by atoms with Crippen molar-refractivity contribution in [2.24, 2.45) is 0 Å². The number of hydrogen-bond acceptors (Lipinski definition) is 7. The first-order valence-corrected chi connectivity index (χ1v) is 17.5. The standard InChI is InChI=1S/C37H45N5O6S/c1-37(2,3)48-36(47)39-28-19-29-23-49-30-12-8-11-27(18-30)35(46)41(5)31(15-16-32(43)40(4)22-33(44)42(29)21-28)34(45)38-20-24-13-14-25-9-6-7-10-26(25)17-24/h6-14,17-18,28-29,31H,15-16,19-23H2,1-5H3,(H,38,45)(H,39,47)/t28-,29+,31-/m1/s1. The minimum Gasteiger partial charge on any atom is -0.444 e. The minimum atomic E-state index is -0.923. The van der Waals surface area contributed by atoms with E-state index in [0.29, 0.717) is 17.7 Å². The third kappa shape index (κ3) is 9.32. The van der Waals surface area contributed by atoms with E-state index in [4.69, 9.17) is 4.74 Å². The molecular weight excluding hydrogens is 643 g/mol. The van der Waals surface area contributed by atoms with Crippen LogP contribution in [0.15, 0.2) is 71.6 Å². The molecule has 2 aliphatic heterocycles. The van der Waals surface area contributed by atoms with Gasteiger partial charge in [0.05, 0.1) is 12.6 Å². The van der Waals surface area contributed by atoms with Gasteiger partial charge in [0.15, 0.2) is 0 Å². The molecule has 0 radical (unpaired) electrons. The van der Waals surface area contributed by atoms with E-state index in [1.54, 1.807) is 58.0 Å². The van der Waals surface area contributed by atoms with E-state index in [1.165, 1.54) is 21.6 Å². The summed E-state index contributed by atoms with van der Waals surface area (Å²) in [6.07, 6.45) is 0.00578. The van der Waals surface area contributed by atoms with Crippen molar-refractivity contribution in [1.29, 1.82) is 0 Å². The van der Waals surface area contributed by atoms with Gasteiger partial charge in [0.2, 0.25) is 17.7 Å². The number of likely N-dealkylation sites (N-methyl/N-ethyl adjacent to an activating group) is 2. The molecule has 0 aliphatic carbocycles. The first-order chi connectivity index (χ1) is 23.3. The SMILES string of the molecule is CN1CC(=O)N2C[C@H](NC(=O)OC(C)(C)C)C[C@H]2CSc2cccc(c2)C(=O)N(C)[C@@H](C(=O)NCc2ccc3ccccc3c2)CCC1=O. The summed E-state index contributed by atoms with van der Waals surface area (Å²) in [5.74, 6) is -0.730. The van der Waals surface area contributed by atoms with Gasteiger partial charge in [-0.2, -0.15) is 0 Å². The number of thioether (sulfide) groups is 1. The van der Waals surface area contributed by atoms with Crippen LogP contribution >= 0.6 is 11.8 Å². The molecule has 0 unspecified atom stereocenters. The Kier molecular flexibility index (Phi) is 11.2. The van der Waals surface area contributed by atoms with Gasteiger partial charge in [0, 0.05) is 55.9 Å². The van der Waals surface area contributed by atoms with Gasteiger partial charge < -0.3 is 30.1 Å². The van der Waals surface area contributed by atoms with Gasteiger partial charge in [0.25, 0.3) is 5.91 Å². The number of alkyl carbamates (subject to hydrolysis) is 1. The predicted octanol–water partition coefficient (Wildman–Crippen LogP) is 4.44. The molecule has 2 heterocycles. The molecule has 3 aromatic carbocycles. The molecule has 1 saturated heterocycles. The van der Waals surface area contributed by atoms with Gasteiger partial charge in [0.1, 0.15) is 11.6 Å². The molecule has 2 aliphatic rings. The summed E-state index contributed by atoms with van der Waals surface area (Å²) in [5.41, 5.74) is 0.671. The Bertz CT molecular complexity index is 1720. The molecule has 3 atom stereocenters. The zero-order valence-corrected chi connectivity index (χ0v) is 29.5. The molecule has 11 nitrogen and oxygen atoms in total. The van der Waals surface area contributed by atoms with Crippen LogP contribution in [0.25, 0.3) is 10.8 Å². The average Bonchev–Trinajstić information content (AvgIpc) is 3.46. The highest BCUT2D eigenvalue weighted by atomic mass is 32.2. The number of ether oxygens (including phenoxy) is 1. The third-order valence-corrected chi connectivity index (χ3v) is 9.92. The fourth-order valence-corrected chi connectivity index (χ4v) is 7.29. The van der Waals surface area contributed by atoms with Crippen LogP contribution in [-0.4, -0.2) is 101 Å². The monoisotopic (exact) mass is 687 g/mol. The van der Waals surface area contributed by atoms with Crippen LogP contribution in [0.1, 0.15) is 56.0 Å². The number of carbonyl (C=O) groups is 5. The predicted molar refractivity (Wildman–Crippen MR) is 189 cm³/mol. The van der Waals surface area contributed by atoms with Crippen molar-refractivity contribution in [2.45, 2.75) is 75.2 Å². The number of amides is 5. The Hall–Kier alpha value is -4.58. The lowest BCUT2D eigenvalue weighted by Crippen LogP contribution is -2.48. The Balaban J connectivity index is 1.34. The van der Waals surface area contributed by atoms with Crippen molar-refractivity contribution >= 4 is 52.3 Å². The molecule has 2 bridgehead atoms. The second-order valence-corrected chi connectivity index (χ2v) is 14.8. The van der Waals surface area contributed by atoms with Crippen LogP contribution in [0, 0.1) is 0 Å². The zero-order chi connectivity index (χ0) is 35.3. The third-order valence-electron chi connectivity index (χ3n) is 8.78. The van der Waals surface area contributed by atoms with Gasteiger partial charge in [-0.05, 0) is 74.2 Å². The van der Waals surface area contributed by atoms with E-state index >= 15 is 0 Å². The van der Waals surface area contributed by atoms with E-state index in [-0.39, 0.29) is 68.2 Å². The van der Waals surface area contributed by atoms with Crippen molar-refractivity contribution in [3.05, 3.63) is 77.9 Å². The summed E-state index contributed by atoms with van der Waals surface area (Å²) in [7, 11) is 3.14. The lowest BCUT2D eigenvalue weighted by Gasteiger charge is -2.29. The van der Waals surface area contributed by atoms with Crippen LogP contribution < -0.4 is 10.6 Å². The van der Waals surface area contributed by atoms with Crippen LogP contribution in [-0.2, 0) is 25.7 Å². The molecule has 3 aromatic rings.